The van der Waals surface area contributed by atoms with Crippen molar-refractivity contribution in [1.29, 1.82) is 0 Å². The maximum absolute atomic E-state index is 12.4. The summed E-state index contributed by atoms with van der Waals surface area (Å²) in [7, 11) is 0. The molecule has 2 aromatic rings. The van der Waals surface area contributed by atoms with Gasteiger partial charge in [0.05, 0.1) is 12.3 Å². The fourth-order valence-electron chi connectivity index (χ4n) is 4.03. The zero-order valence-electron chi connectivity index (χ0n) is 16.4. The molecule has 1 fully saturated rings. The van der Waals surface area contributed by atoms with Crippen LogP contribution in [-0.2, 0) is 26.3 Å². The Morgan fingerprint density at radius 3 is 2.79 bits per heavy atom. The fourth-order valence-corrected chi connectivity index (χ4v) is 4.03. The van der Waals surface area contributed by atoms with E-state index in [2.05, 4.69) is 4.98 Å². The summed E-state index contributed by atoms with van der Waals surface area (Å²) in [6.45, 7) is 4.84. The van der Waals surface area contributed by atoms with E-state index in [9.17, 15) is 4.79 Å². The number of aromatic nitrogens is 2. The number of hydrogen-bond acceptors (Lipinski definition) is 5. The lowest BCUT2D eigenvalue weighted by molar-refractivity contribution is -0.145. The second kappa shape index (κ2) is 8.37. The third kappa shape index (κ3) is 3.80. The molecule has 0 aliphatic carbocycles. The second-order valence-corrected chi connectivity index (χ2v) is 7.46. The minimum absolute atomic E-state index is 0.0620. The molecule has 0 radical (unpaired) electrons. The molecule has 0 bridgehead atoms. The summed E-state index contributed by atoms with van der Waals surface area (Å²) in [5, 5.41) is 0. The van der Waals surface area contributed by atoms with Gasteiger partial charge in [-0.25, -0.2) is 9.97 Å². The van der Waals surface area contributed by atoms with Crippen molar-refractivity contribution in [2.45, 2.75) is 38.2 Å². The van der Waals surface area contributed by atoms with Crippen LogP contribution in [0, 0.1) is 0 Å². The number of piperidine rings is 1. The molecule has 1 spiro atoms. The van der Waals surface area contributed by atoms with E-state index in [1.54, 1.807) is 0 Å². The second-order valence-electron chi connectivity index (χ2n) is 7.46. The molecule has 0 unspecified atom stereocenters. The van der Waals surface area contributed by atoms with Crippen molar-refractivity contribution in [3.05, 3.63) is 47.8 Å². The summed E-state index contributed by atoms with van der Waals surface area (Å²) in [5.41, 5.74) is 2.76. The van der Waals surface area contributed by atoms with E-state index < -0.39 is 5.60 Å². The Labute approximate surface area is 165 Å². The molecule has 0 N–H and O–H groups in total. The van der Waals surface area contributed by atoms with Gasteiger partial charge in [0, 0.05) is 31.5 Å². The number of rotatable bonds is 5. The predicted octanol–water partition coefficient (Wildman–Crippen LogP) is 2.96. The lowest BCUT2D eigenvalue weighted by Gasteiger charge is -2.44. The van der Waals surface area contributed by atoms with Crippen LogP contribution < -0.4 is 0 Å². The fraction of sp³-hybridized carbons (Fsp3) is 0.500. The van der Waals surface area contributed by atoms with Crippen LogP contribution in [0.1, 0.15) is 37.4 Å². The Morgan fingerprint density at radius 1 is 1.25 bits per heavy atom. The van der Waals surface area contributed by atoms with Gasteiger partial charge in [0.25, 0.3) is 0 Å². The summed E-state index contributed by atoms with van der Waals surface area (Å²) >= 11 is 0. The standard InChI is InChI=1S/C22H27N3O3/c1-2-13-27-16-19(26)25-11-9-22(10-12-25)20-18(8-14-28-22)15-23-21(24-20)17-6-4-3-5-7-17/h3-7,15H,2,8-14,16H2,1H3. The van der Waals surface area contributed by atoms with Crippen LogP contribution in [0.25, 0.3) is 11.4 Å². The number of benzene rings is 1. The number of carbonyl (C=O) groups is 1. The SMILES string of the molecule is CCCOCC(=O)N1CCC2(CC1)OCCc1cnc(-c3ccccc3)nc12. The van der Waals surface area contributed by atoms with Crippen molar-refractivity contribution in [1.82, 2.24) is 14.9 Å². The van der Waals surface area contributed by atoms with Crippen LogP contribution in [0.15, 0.2) is 36.5 Å². The van der Waals surface area contributed by atoms with Crippen LogP contribution in [0.3, 0.4) is 0 Å². The highest BCUT2D eigenvalue weighted by Crippen LogP contribution is 2.40. The van der Waals surface area contributed by atoms with Gasteiger partial charge >= 0.3 is 0 Å². The van der Waals surface area contributed by atoms with Gasteiger partial charge in [0.2, 0.25) is 5.91 Å². The van der Waals surface area contributed by atoms with Crippen molar-refractivity contribution < 1.29 is 14.3 Å². The van der Waals surface area contributed by atoms with E-state index in [4.69, 9.17) is 14.5 Å². The third-order valence-electron chi connectivity index (χ3n) is 5.58. The van der Waals surface area contributed by atoms with E-state index in [-0.39, 0.29) is 12.5 Å². The molecule has 1 aromatic carbocycles. The molecular weight excluding hydrogens is 354 g/mol. The van der Waals surface area contributed by atoms with Crippen molar-refractivity contribution in [2.24, 2.45) is 0 Å². The van der Waals surface area contributed by atoms with Crippen LogP contribution in [0.4, 0.5) is 0 Å². The average Bonchev–Trinajstić information content (AvgIpc) is 2.75. The highest BCUT2D eigenvalue weighted by Gasteiger charge is 2.43. The van der Waals surface area contributed by atoms with E-state index in [1.165, 1.54) is 0 Å². The topological polar surface area (TPSA) is 64.5 Å². The Kier molecular flexibility index (Phi) is 5.69. The molecule has 2 aliphatic rings. The molecule has 2 aliphatic heterocycles. The molecule has 0 atom stereocenters. The van der Waals surface area contributed by atoms with Crippen LogP contribution in [0.5, 0.6) is 0 Å². The number of amides is 1. The van der Waals surface area contributed by atoms with Crippen LogP contribution >= 0.6 is 0 Å². The molecule has 0 saturated carbocycles. The zero-order valence-corrected chi connectivity index (χ0v) is 16.4. The molecular formula is C22H27N3O3. The number of likely N-dealkylation sites (tertiary alicyclic amines) is 1. The van der Waals surface area contributed by atoms with Gasteiger partial charge in [-0.15, -0.1) is 0 Å². The number of nitrogens with zero attached hydrogens (tertiary/aromatic N) is 3. The van der Waals surface area contributed by atoms with Gasteiger partial charge in [0.15, 0.2) is 5.82 Å². The van der Waals surface area contributed by atoms with E-state index in [1.807, 2.05) is 48.4 Å². The maximum Gasteiger partial charge on any atom is 0.248 e. The predicted molar refractivity (Wildman–Crippen MR) is 106 cm³/mol. The zero-order chi connectivity index (χ0) is 19.4. The summed E-state index contributed by atoms with van der Waals surface area (Å²) < 4.78 is 11.7. The van der Waals surface area contributed by atoms with E-state index in [0.717, 1.165) is 48.3 Å². The average molecular weight is 381 g/mol. The molecule has 3 heterocycles. The molecule has 1 amide bonds. The van der Waals surface area contributed by atoms with Crippen LogP contribution in [-0.4, -0.2) is 53.7 Å². The summed E-state index contributed by atoms with van der Waals surface area (Å²) in [4.78, 5) is 23.8. The van der Waals surface area contributed by atoms with Gasteiger partial charge in [-0.3, -0.25) is 4.79 Å². The Balaban J connectivity index is 1.52. The monoisotopic (exact) mass is 381 g/mol. The largest absolute Gasteiger partial charge is 0.372 e. The van der Waals surface area contributed by atoms with Gasteiger partial charge in [-0.1, -0.05) is 37.3 Å². The minimum atomic E-state index is -0.416. The number of carbonyl (C=O) groups excluding carboxylic acids is 1. The first-order valence-electron chi connectivity index (χ1n) is 10.1. The van der Waals surface area contributed by atoms with Crippen molar-refractivity contribution in [3.8, 4) is 11.4 Å². The Bertz CT molecular complexity index is 817. The van der Waals surface area contributed by atoms with E-state index in [0.29, 0.717) is 26.3 Å². The first-order valence-corrected chi connectivity index (χ1v) is 10.1. The smallest absolute Gasteiger partial charge is 0.248 e. The Hall–Kier alpha value is -2.31. The van der Waals surface area contributed by atoms with Gasteiger partial charge < -0.3 is 14.4 Å². The number of fused-ring (bicyclic) bond motifs is 2. The Morgan fingerprint density at radius 2 is 2.04 bits per heavy atom. The molecule has 6 heteroatoms. The maximum atomic E-state index is 12.4. The molecule has 148 valence electrons. The summed E-state index contributed by atoms with van der Waals surface area (Å²) in [5.74, 6) is 0.794. The van der Waals surface area contributed by atoms with Crippen LogP contribution in [0.2, 0.25) is 0 Å². The number of hydrogen-bond donors (Lipinski definition) is 0. The number of ether oxygens (including phenoxy) is 2. The van der Waals surface area contributed by atoms with Crippen molar-refractivity contribution >= 4 is 5.91 Å². The minimum Gasteiger partial charge on any atom is -0.372 e. The molecule has 1 aromatic heterocycles. The molecule has 4 rings (SSSR count). The summed E-state index contributed by atoms with van der Waals surface area (Å²) in [6.07, 6.45) is 5.21. The first-order chi connectivity index (χ1) is 13.7. The lowest BCUT2D eigenvalue weighted by Crippen LogP contribution is -2.49. The quantitative estimate of drug-likeness (QED) is 0.745. The van der Waals surface area contributed by atoms with E-state index >= 15 is 0 Å². The first kappa shape index (κ1) is 19.0. The van der Waals surface area contributed by atoms with Gasteiger partial charge in [-0.05, 0) is 31.2 Å². The third-order valence-corrected chi connectivity index (χ3v) is 5.58. The van der Waals surface area contributed by atoms with Gasteiger partial charge in [0.1, 0.15) is 12.2 Å². The lowest BCUT2D eigenvalue weighted by atomic mass is 9.83. The summed E-state index contributed by atoms with van der Waals surface area (Å²) in [6, 6.07) is 10.0. The molecule has 1 saturated heterocycles. The highest BCUT2D eigenvalue weighted by molar-refractivity contribution is 5.77. The highest BCUT2D eigenvalue weighted by atomic mass is 16.5. The van der Waals surface area contributed by atoms with Crippen molar-refractivity contribution in [3.63, 3.8) is 0 Å². The molecule has 28 heavy (non-hydrogen) atoms. The van der Waals surface area contributed by atoms with Gasteiger partial charge in [-0.2, -0.15) is 0 Å². The molecule has 6 nitrogen and oxygen atoms in total. The normalized spacial score (nSPS) is 18.1. The van der Waals surface area contributed by atoms with Crippen molar-refractivity contribution in [2.75, 3.05) is 32.9 Å².